The first-order valence-electron chi connectivity index (χ1n) is 7.08. The van der Waals surface area contributed by atoms with Gasteiger partial charge in [0, 0.05) is 6.54 Å². The molecule has 0 amide bonds. The number of nitrogens with one attached hydrogen (secondary N) is 1. The number of benzene rings is 1. The Balaban J connectivity index is 2.04. The summed E-state index contributed by atoms with van der Waals surface area (Å²) < 4.78 is 2.36. The van der Waals surface area contributed by atoms with E-state index in [9.17, 15) is 0 Å². The Labute approximate surface area is 108 Å². The minimum absolute atomic E-state index is 0.430. The highest BCUT2D eigenvalue weighted by Crippen LogP contribution is 2.25. The molecule has 1 atom stereocenters. The van der Waals surface area contributed by atoms with Gasteiger partial charge in [-0.3, -0.25) is 0 Å². The number of aromatic nitrogens is 2. The first-order valence-corrected chi connectivity index (χ1v) is 7.08. The number of hydrogen-bond donors (Lipinski definition) is 1. The van der Waals surface area contributed by atoms with Gasteiger partial charge in [0.05, 0.1) is 17.1 Å². The first-order chi connectivity index (χ1) is 8.90. The zero-order chi connectivity index (χ0) is 12.4. The van der Waals surface area contributed by atoms with Crippen LogP contribution in [0.5, 0.6) is 0 Å². The molecule has 1 saturated heterocycles. The highest BCUT2D eigenvalue weighted by atomic mass is 15.1. The summed E-state index contributed by atoms with van der Waals surface area (Å²) in [6, 6.07) is 8.88. The van der Waals surface area contributed by atoms with Crippen LogP contribution in [0.25, 0.3) is 11.0 Å². The molecule has 3 rings (SSSR count). The molecule has 2 aromatic rings. The van der Waals surface area contributed by atoms with Crippen molar-refractivity contribution in [3.8, 4) is 0 Å². The molecule has 1 aromatic heterocycles. The summed E-state index contributed by atoms with van der Waals surface area (Å²) in [4.78, 5) is 4.85. The van der Waals surface area contributed by atoms with Crippen LogP contribution in [0.3, 0.4) is 0 Å². The zero-order valence-corrected chi connectivity index (χ0v) is 11.0. The molecule has 1 unspecified atom stereocenters. The van der Waals surface area contributed by atoms with Gasteiger partial charge in [0.2, 0.25) is 0 Å². The van der Waals surface area contributed by atoms with Crippen molar-refractivity contribution in [3.63, 3.8) is 0 Å². The number of para-hydroxylation sites is 2. The molecule has 3 heteroatoms. The SMILES string of the molecule is CCn1c(C2CCCCCN2)nc2ccccc21. The zero-order valence-electron chi connectivity index (χ0n) is 11.0. The van der Waals surface area contributed by atoms with Crippen LogP contribution >= 0.6 is 0 Å². The van der Waals surface area contributed by atoms with Crippen molar-refractivity contribution in [2.75, 3.05) is 6.54 Å². The summed E-state index contributed by atoms with van der Waals surface area (Å²) in [5.41, 5.74) is 2.39. The van der Waals surface area contributed by atoms with Crippen molar-refractivity contribution < 1.29 is 0 Å². The van der Waals surface area contributed by atoms with Crippen LogP contribution in [0.1, 0.15) is 44.5 Å². The summed E-state index contributed by atoms with van der Waals surface area (Å²) in [7, 11) is 0. The molecule has 0 bridgehead atoms. The van der Waals surface area contributed by atoms with Gasteiger partial charge >= 0.3 is 0 Å². The third kappa shape index (κ3) is 2.03. The Morgan fingerprint density at radius 1 is 1.28 bits per heavy atom. The minimum Gasteiger partial charge on any atom is -0.327 e. The lowest BCUT2D eigenvalue weighted by molar-refractivity contribution is 0.487. The average Bonchev–Trinajstić information content (AvgIpc) is 2.59. The molecular weight excluding hydrogens is 222 g/mol. The Bertz CT molecular complexity index is 522. The highest BCUT2D eigenvalue weighted by Gasteiger charge is 2.20. The third-order valence-corrected chi connectivity index (χ3v) is 3.87. The maximum absolute atomic E-state index is 4.85. The molecule has 1 aromatic carbocycles. The molecule has 0 spiro atoms. The molecule has 1 fully saturated rings. The maximum Gasteiger partial charge on any atom is 0.127 e. The third-order valence-electron chi connectivity index (χ3n) is 3.87. The van der Waals surface area contributed by atoms with E-state index in [2.05, 4.69) is 41.1 Å². The largest absolute Gasteiger partial charge is 0.327 e. The molecule has 0 radical (unpaired) electrons. The Kier molecular flexibility index (Phi) is 3.33. The molecule has 0 saturated carbocycles. The minimum atomic E-state index is 0.430. The monoisotopic (exact) mass is 243 g/mol. The van der Waals surface area contributed by atoms with Gasteiger partial charge in [-0.25, -0.2) is 4.98 Å². The maximum atomic E-state index is 4.85. The molecule has 18 heavy (non-hydrogen) atoms. The van der Waals surface area contributed by atoms with Crippen LogP contribution in [-0.4, -0.2) is 16.1 Å². The first kappa shape index (κ1) is 11.7. The van der Waals surface area contributed by atoms with Gasteiger partial charge < -0.3 is 9.88 Å². The molecule has 3 nitrogen and oxygen atoms in total. The van der Waals surface area contributed by atoms with E-state index in [0.717, 1.165) is 18.6 Å². The molecule has 1 aliphatic heterocycles. The standard InChI is InChI=1S/C15H21N3/c1-2-18-14-10-6-5-8-12(14)17-15(18)13-9-4-3-7-11-16-13/h5-6,8,10,13,16H,2-4,7,9,11H2,1H3. The van der Waals surface area contributed by atoms with Crippen molar-refractivity contribution >= 4 is 11.0 Å². The fourth-order valence-electron chi connectivity index (χ4n) is 2.94. The van der Waals surface area contributed by atoms with E-state index >= 15 is 0 Å². The molecule has 96 valence electrons. The van der Waals surface area contributed by atoms with Gasteiger partial charge in [-0.15, -0.1) is 0 Å². The molecule has 1 N–H and O–H groups in total. The summed E-state index contributed by atoms with van der Waals surface area (Å²) in [5.74, 6) is 1.22. The predicted molar refractivity (Wildman–Crippen MR) is 74.6 cm³/mol. The van der Waals surface area contributed by atoms with Crippen LogP contribution in [0.15, 0.2) is 24.3 Å². The number of fused-ring (bicyclic) bond motifs is 1. The van der Waals surface area contributed by atoms with Crippen molar-refractivity contribution in [1.29, 1.82) is 0 Å². The second-order valence-corrected chi connectivity index (χ2v) is 5.06. The summed E-state index contributed by atoms with van der Waals surface area (Å²) in [6.07, 6.45) is 5.16. The van der Waals surface area contributed by atoms with E-state index in [1.165, 1.54) is 37.0 Å². The van der Waals surface area contributed by atoms with E-state index in [0.29, 0.717) is 6.04 Å². The van der Waals surface area contributed by atoms with Crippen LogP contribution in [0.2, 0.25) is 0 Å². The summed E-state index contributed by atoms with van der Waals surface area (Å²) in [6.45, 7) is 4.32. The topological polar surface area (TPSA) is 29.9 Å². The van der Waals surface area contributed by atoms with Gasteiger partial charge in [-0.05, 0) is 38.4 Å². The lowest BCUT2D eigenvalue weighted by atomic mass is 10.1. The lowest BCUT2D eigenvalue weighted by Gasteiger charge is -2.16. The Morgan fingerprint density at radius 2 is 2.17 bits per heavy atom. The molecule has 1 aliphatic rings. The number of nitrogens with zero attached hydrogens (tertiary/aromatic N) is 2. The van der Waals surface area contributed by atoms with Gasteiger partial charge in [0.25, 0.3) is 0 Å². The van der Waals surface area contributed by atoms with Gasteiger partial charge in [-0.1, -0.05) is 25.0 Å². The average molecular weight is 243 g/mol. The molecular formula is C15H21N3. The van der Waals surface area contributed by atoms with E-state index < -0.39 is 0 Å². The smallest absolute Gasteiger partial charge is 0.127 e. The van der Waals surface area contributed by atoms with Gasteiger partial charge in [0.1, 0.15) is 5.82 Å². The highest BCUT2D eigenvalue weighted by molar-refractivity contribution is 5.76. The number of rotatable bonds is 2. The summed E-state index contributed by atoms with van der Waals surface area (Å²) in [5, 5.41) is 3.65. The summed E-state index contributed by atoms with van der Waals surface area (Å²) >= 11 is 0. The predicted octanol–water partition coefficient (Wildman–Crippen LogP) is 3.26. The van der Waals surface area contributed by atoms with Crippen LogP contribution in [-0.2, 0) is 6.54 Å². The van der Waals surface area contributed by atoms with Crippen LogP contribution in [0.4, 0.5) is 0 Å². The lowest BCUT2D eigenvalue weighted by Crippen LogP contribution is -2.23. The van der Waals surface area contributed by atoms with Gasteiger partial charge in [0.15, 0.2) is 0 Å². The van der Waals surface area contributed by atoms with E-state index in [4.69, 9.17) is 4.98 Å². The van der Waals surface area contributed by atoms with Crippen LogP contribution < -0.4 is 5.32 Å². The normalized spacial score (nSPS) is 21.1. The number of hydrogen-bond acceptors (Lipinski definition) is 2. The molecule has 0 aliphatic carbocycles. The molecule has 2 heterocycles. The fourth-order valence-corrected chi connectivity index (χ4v) is 2.94. The Hall–Kier alpha value is -1.35. The van der Waals surface area contributed by atoms with Gasteiger partial charge in [-0.2, -0.15) is 0 Å². The van der Waals surface area contributed by atoms with E-state index in [1.807, 2.05) is 0 Å². The van der Waals surface area contributed by atoms with E-state index in [1.54, 1.807) is 0 Å². The Morgan fingerprint density at radius 3 is 3.06 bits per heavy atom. The number of aryl methyl sites for hydroxylation is 1. The second-order valence-electron chi connectivity index (χ2n) is 5.06. The fraction of sp³-hybridized carbons (Fsp3) is 0.533. The quantitative estimate of drug-likeness (QED) is 0.877. The van der Waals surface area contributed by atoms with Crippen LogP contribution in [0, 0.1) is 0 Å². The van der Waals surface area contributed by atoms with Crippen molar-refractivity contribution in [2.45, 2.75) is 45.2 Å². The van der Waals surface area contributed by atoms with E-state index in [-0.39, 0.29) is 0 Å². The number of imidazole rings is 1. The van der Waals surface area contributed by atoms with Crippen molar-refractivity contribution in [2.24, 2.45) is 0 Å². The van der Waals surface area contributed by atoms with Crippen molar-refractivity contribution in [1.82, 2.24) is 14.9 Å². The van der Waals surface area contributed by atoms with Crippen molar-refractivity contribution in [3.05, 3.63) is 30.1 Å². The second kappa shape index (κ2) is 5.11.